The summed E-state index contributed by atoms with van der Waals surface area (Å²) in [6.45, 7) is 0. The molecule has 0 unspecified atom stereocenters. The Hall–Kier alpha value is -5.67. The summed E-state index contributed by atoms with van der Waals surface area (Å²) >= 11 is 0. The van der Waals surface area contributed by atoms with Gasteiger partial charge in [-0.1, -0.05) is 109 Å². The smallest absolute Gasteiger partial charge is 0.296 e. The molecule has 0 spiro atoms. The fourth-order valence-electron chi connectivity index (χ4n) is 7.11. The number of aromatic nitrogens is 2. The van der Waals surface area contributed by atoms with E-state index in [2.05, 4.69) is 121 Å². The molecule has 0 bridgehead atoms. The molecule has 202 valence electrons. The van der Waals surface area contributed by atoms with Crippen molar-refractivity contribution in [3.8, 4) is 22.3 Å². The van der Waals surface area contributed by atoms with Gasteiger partial charge in [0.15, 0.2) is 0 Å². The van der Waals surface area contributed by atoms with Crippen molar-refractivity contribution >= 4 is 59.6 Å². The number of hydrogen-bond acceptors (Lipinski definition) is 1. The van der Waals surface area contributed by atoms with Crippen molar-refractivity contribution in [2.24, 2.45) is 7.05 Å². The monoisotopic (exact) mass is 550 g/mol. The molecule has 0 saturated carbocycles. The average molecular weight is 551 g/mol. The highest BCUT2D eigenvalue weighted by Crippen LogP contribution is 2.44. The van der Waals surface area contributed by atoms with Crippen LogP contribution < -0.4 is 5.69 Å². The van der Waals surface area contributed by atoms with E-state index in [0.29, 0.717) is 0 Å². The molecule has 0 N–H and O–H groups in total. The predicted octanol–water partition coefficient (Wildman–Crippen LogP) is 9.74. The largest absolute Gasteiger partial charge is 0.333 e. The maximum atomic E-state index is 13.5. The molecule has 0 radical (unpaired) electrons. The summed E-state index contributed by atoms with van der Waals surface area (Å²) in [6.07, 6.45) is 0. The van der Waals surface area contributed by atoms with Gasteiger partial charge in [-0.3, -0.25) is 8.97 Å². The first kappa shape index (κ1) is 24.0. The molecule has 0 saturated heterocycles. The van der Waals surface area contributed by atoms with Gasteiger partial charge in [0.25, 0.3) is 0 Å². The minimum absolute atomic E-state index is 0.0351. The van der Waals surface area contributed by atoms with E-state index < -0.39 is 0 Å². The fraction of sp³-hybridized carbons (Fsp3) is 0.0250. The molecule has 3 nitrogen and oxygen atoms in total. The van der Waals surface area contributed by atoms with E-state index in [1.807, 2.05) is 29.6 Å². The second-order valence-electron chi connectivity index (χ2n) is 11.4. The predicted molar refractivity (Wildman–Crippen MR) is 181 cm³/mol. The van der Waals surface area contributed by atoms with E-state index in [9.17, 15) is 4.79 Å². The molecule has 0 aliphatic heterocycles. The van der Waals surface area contributed by atoms with Gasteiger partial charge >= 0.3 is 5.69 Å². The van der Waals surface area contributed by atoms with Crippen molar-refractivity contribution in [1.29, 1.82) is 0 Å². The molecule has 2 heterocycles. The topological polar surface area (TPSA) is 26.4 Å². The second-order valence-corrected chi connectivity index (χ2v) is 11.4. The van der Waals surface area contributed by atoms with E-state index in [1.54, 1.807) is 4.57 Å². The standard InChI is InChI=1S/C40H26N2O/c1-41-36-17-9-8-16-34(36)37-24-29-23-28(20-21-35(29)42(37)40(41)43)39-32-14-6-4-12-30(32)38(31-13-5-7-15-33(31)39)27-19-18-25-10-2-3-11-26(25)22-27/h2-24H,1H3. The zero-order chi connectivity index (χ0) is 28.7. The Morgan fingerprint density at radius 1 is 0.419 bits per heavy atom. The van der Waals surface area contributed by atoms with Crippen LogP contribution in [0.25, 0.3) is 81.9 Å². The molecule has 0 atom stereocenters. The van der Waals surface area contributed by atoms with Gasteiger partial charge in [0.05, 0.1) is 16.6 Å². The second kappa shape index (κ2) is 8.91. The summed E-state index contributed by atoms with van der Waals surface area (Å²) in [5, 5.41) is 9.50. The molecule has 0 amide bonds. The summed E-state index contributed by atoms with van der Waals surface area (Å²) < 4.78 is 3.59. The maximum Gasteiger partial charge on any atom is 0.333 e. The van der Waals surface area contributed by atoms with E-state index in [4.69, 9.17) is 0 Å². The number of hydrogen-bond donors (Lipinski definition) is 0. The van der Waals surface area contributed by atoms with E-state index in [1.165, 1.54) is 49.0 Å². The highest BCUT2D eigenvalue weighted by Gasteiger charge is 2.18. The summed E-state index contributed by atoms with van der Waals surface area (Å²) in [6, 6.07) is 49.7. The Morgan fingerprint density at radius 2 is 0.930 bits per heavy atom. The number of para-hydroxylation sites is 1. The molecule has 43 heavy (non-hydrogen) atoms. The SMILES string of the molecule is Cn1c(=O)n2c3ccc(-c4c5ccccc5c(-c5ccc6ccccc6c5)c5ccccc45)cc3cc2c2ccccc21. The molecule has 9 aromatic rings. The molecule has 0 aliphatic rings. The van der Waals surface area contributed by atoms with Crippen LogP contribution in [0.3, 0.4) is 0 Å². The van der Waals surface area contributed by atoms with Gasteiger partial charge in [-0.25, -0.2) is 4.79 Å². The van der Waals surface area contributed by atoms with Crippen LogP contribution in [0.2, 0.25) is 0 Å². The lowest BCUT2D eigenvalue weighted by Crippen LogP contribution is -2.24. The van der Waals surface area contributed by atoms with Crippen molar-refractivity contribution in [2.45, 2.75) is 0 Å². The van der Waals surface area contributed by atoms with Crippen molar-refractivity contribution in [3.05, 3.63) is 150 Å². The minimum Gasteiger partial charge on any atom is -0.296 e. The summed E-state index contributed by atoms with van der Waals surface area (Å²) in [7, 11) is 1.85. The Bertz CT molecular complexity index is 2600. The Kier molecular flexibility index (Phi) is 4.97. The first-order valence-electron chi connectivity index (χ1n) is 14.6. The molecule has 0 aliphatic carbocycles. The van der Waals surface area contributed by atoms with E-state index in [-0.39, 0.29) is 5.69 Å². The van der Waals surface area contributed by atoms with E-state index in [0.717, 1.165) is 32.9 Å². The van der Waals surface area contributed by atoms with Crippen LogP contribution in [0.15, 0.2) is 144 Å². The first-order valence-corrected chi connectivity index (χ1v) is 14.6. The highest BCUT2D eigenvalue weighted by atomic mass is 16.1. The zero-order valence-corrected chi connectivity index (χ0v) is 23.6. The molecule has 3 heteroatoms. The van der Waals surface area contributed by atoms with Gasteiger partial charge in [-0.2, -0.15) is 0 Å². The third-order valence-corrected chi connectivity index (χ3v) is 9.08. The molecule has 2 aromatic heterocycles. The van der Waals surface area contributed by atoms with Gasteiger partial charge in [-0.05, 0) is 84.9 Å². The van der Waals surface area contributed by atoms with Crippen molar-refractivity contribution in [3.63, 3.8) is 0 Å². The highest BCUT2D eigenvalue weighted by molar-refractivity contribution is 6.22. The number of aryl methyl sites for hydroxylation is 1. The van der Waals surface area contributed by atoms with Gasteiger partial charge in [-0.15, -0.1) is 0 Å². The molecular weight excluding hydrogens is 524 g/mol. The van der Waals surface area contributed by atoms with Crippen LogP contribution in [0.1, 0.15) is 0 Å². The lowest BCUT2D eigenvalue weighted by atomic mass is 9.85. The quantitative estimate of drug-likeness (QED) is 0.197. The maximum absolute atomic E-state index is 13.5. The summed E-state index contributed by atoms with van der Waals surface area (Å²) in [5.41, 5.74) is 7.59. The van der Waals surface area contributed by atoms with Crippen molar-refractivity contribution in [2.75, 3.05) is 0 Å². The molecule has 0 fully saturated rings. The first-order chi connectivity index (χ1) is 21.2. The fourth-order valence-corrected chi connectivity index (χ4v) is 7.11. The third kappa shape index (κ3) is 3.39. The number of nitrogens with zero attached hydrogens (tertiary/aromatic N) is 2. The van der Waals surface area contributed by atoms with E-state index >= 15 is 0 Å². The summed E-state index contributed by atoms with van der Waals surface area (Å²) in [4.78, 5) is 13.5. The van der Waals surface area contributed by atoms with Crippen molar-refractivity contribution in [1.82, 2.24) is 8.97 Å². The number of benzene rings is 7. The lowest BCUT2D eigenvalue weighted by molar-refractivity contribution is 0.838. The number of fused-ring (bicyclic) bond motifs is 8. The zero-order valence-electron chi connectivity index (χ0n) is 23.6. The Labute approximate surface area is 247 Å². The molecule has 7 aromatic carbocycles. The van der Waals surface area contributed by atoms with Crippen molar-refractivity contribution < 1.29 is 0 Å². The van der Waals surface area contributed by atoms with Crippen LogP contribution in [-0.2, 0) is 7.05 Å². The van der Waals surface area contributed by atoms with Crippen LogP contribution in [0.4, 0.5) is 0 Å². The average Bonchev–Trinajstić information content (AvgIpc) is 3.45. The lowest BCUT2D eigenvalue weighted by Gasteiger charge is -2.18. The Balaban J connectivity index is 1.36. The van der Waals surface area contributed by atoms with Gasteiger partial charge in [0, 0.05) is 17.8 Å². The van der Waals surface area contributed by atoms with Gasteiger partial charge in [0.2, 0.25) is 0 Å². The minimum atomic E-state index is -0.0351. The van der Waals surface area contributed by atoms with Crippen LogP contribution >= 0.6 is 0 Å². The Morgan fingerprint density at radius 3 is 1.58 bits per heavy atom. The summed E-state index contributed by atoms with van der Waals surface area (Å²) in [5.74, 6) is 0. The molecule has 9 rings (SSSR count). The number of rotatable bonds is 2. The van der Waals surface area contributed by atoms with Crippen LogP contribution in [-0.4, -0.2) is 8.97 Å². The van der Waals surface area contributed by atoms with Gasteiger partial charge < -0.3 is 0 Å². The molecular formula is C40H26N2O. The van der Waals surface area contributed by atoms with Gasteiger partial charge in [0.1, 0.15) is 0 Å². The third-order valence-electron chi connectivity index (χ3n) is 9.08. The normalized spacial score (nSPS) is 11.9. The van der Waals surface area contributed by atoms with Crippen LogP contribution in [0, 0.1) is 0 Å². The van der Waals surface area contributed by atoms with Crippen LogP contribution in [0.5, 0.6) is 0 Å².